The largest absolute Gasteiger partial charge is 0.493 e. The summed E-state index contributed by atoms with van der Waals surface area (Å²) in [6.07, 6.45) is 3.26. The number of carbonyl (C=O) groups excluding carboxylic acids is 2. The zero-order valence-electron chi connectivity index (χ0n) is 14.5. The van der Waals surface area contributed by atoms with Crippen molar-refractivity contribution in [1.82, 2.24) is 5.32 Å². The zero-order chi connectivity index (χ0) is 18.0. The van der Waals surface area contributed by atoms with Crippen LogP contribution in [0, 0.1) is 5.92 Å². The highest BCUT2D eigenvalue weighted by atomic mass is 32.1. The number of fused-ring (bicyclic) bond motifs is 3. The summed E-state index contributed by atoms with van der Waals surface area (Å²) in [5.41, 5.74) is 1.07. The van der Waals surface area contributed by atoms with Crippen LogP contribution in [0.4, 0.5) is 0 Å². The number of thiophene rings is 1. The standard InChI is InChI=1S/C12H11NO3S.C6H10O2/c1-15-8-3-6-7-5-13-12(14)11(7)17-10(6)4-9(8)16-2;1-8-6(7)5-3-2-4-5/h3-4H,5H2,1-2H3,(H,13,14);5H,2-4H2,1H3. The molecule has 1 aliphatic carbocycles. The lowest BCUT2D eigenvalue weighted by Crippen LogP contribution is -2.22. The van der Waals surface area contributed by atoms with Crippen LogP contribution in [0.25, 0.3) is 10.1 Å². The van der Waals surface area contributed by atoms with Crippen molar-refractivity contribution in [2.24, 2.45) is 5.92 Å². The van der Waals surface area contributed by atoms with E-state index in [4.69, 9.17) is 9.47 Å². The number of methoxy groups -OCH3 is 3. The summed E-state index contributed by atoms with van der Waals surface area (Å²) in [4.78, 5) is 23.0. The number of rotatable bonds is 3. The minimum Gasteiger partial charge on any atom is -0.493 e. The molecule has 1 aromatic carbocycles. The van der Waals surface area contributed by atoms with Crippen LogP contribution in [0.15, 0.2) is 12.1 Å². The highest BCUT2D eigenvalue weighted by Crippen LogP contribution is 2.40. The smallest absolute Gasteiger partial charge is 0.308 e. The normalized spacial score (nSPS) is 15.6. The number of carbonyl (C=O) groups is 2. The van der Waals surface area contributed by atoms with Gasteiger partial charge in [-0.15, -0.1) is 11.3 Å². The average molecular weight is 363 g/mol. The summed E-state index contributed by atoms with van der Waals surface area (Å²) in [6, 6.07) is 3.86. The van der Waals surface area contributed by atoms with Crippen molar-refractivity contribution in [2.75, 3.05) is 21.3 Å². The molecule has 134 valence electrons. The average Bonchev–Trinajstić information content (AvgIpc) is 3.11. The maximum absolute atomic E-state index is 11.6. The van der Waals surface area contributed by atoms with E-state index in [1.54, 1.807) is 14.2 Å². The second kappa shape index (κ2) is 7.31. The Morgan fingerprint density at radius 2 is 1.84 bits per heavy atom. The van der Waals surface area contributed by atoms with Crippen molar-refractivity contribution in [2.45, 2.75) is 25.8 Å². The van der Waals surface area contributed by atoms with E-state index in [2.05, 4.69) is 10.1 Å². The summed E-state index contributed by atoms with van der Waals surface area (Å²) in [7, 11) is 4.66. The van der Waals surface area contributed by atoms with Gasteiger partial charge in [0.25, 0.3) is 5.91 Å². The van der Waals surface area contributed by atoms with E-state index in [1.165, 1.54) is 24.9 Å². The molecule has 6 nitrogen and oxygen atoms in total. The number of esters is 1. The molecule has 25 heavy (non-hydrogen) atoms. The van der Waals surface area contributed by atoms with Crippen LogP contribution in [0.3, 0.4) is 0 Å². The first-order chi connectivity index (χ1) is 12.1. The van der Waals surface area contributed by atoms with Crippen LogP contribution in [0.1, 0.15) is 34.5 Å². The molecule has 0 saturated heterocycles. The molecule has 1 aliphatic heterocycles. The molecule has 0 atom stereocenters. The number of hydrogen-bond acceptors (Lipinski definition) is 6. The Morgan fingerprint density at radius 3 is 2.36 bits per heavy atom. The fourth-order valence-electron chi connectivity index (χ4n) is 2.89. The third-order valence-electron chi connectivity index (χ3n) is 4.57. The summed E-state index contributed by atoms with van der Waals surface area (Å²) in [5.74, 6) is 1.61. The summed E-state index contributed by atoms with van der Waals surface area (Å²) < 4.78 is 16.1. The Balaban J connectivity index is 0.000000192. The van der Waals surface area contributed by atoms with Crippen molar-refractivity contribution in [1.29, 1.82) is 0 Å². The van der Waals surface area contributed by atoms with Gasteiger partial charge in [-0.1, -0.05) is 6.42 Å². The topological polar surface area (TPSA) is 73.9 Å². The van der Waals surface area contributed by atoms with Gasteiger partial charge in [-0.05, 0) is 18.9 Å². The minimum absolute atomic E-state index is 0.0131. The Bertz CT molecular complexity index is 809. The third kappa shape index (κ3) is 3.28. The maximum Gasteiger partial charge on any atom is 0.308 e. The Morgan fingerprint density at radius 1 is 1.16 bits per heavy atom. The molecule has 2 heterocycles. The molecule has 1 saturated carbocycles. The zero-order valence-corrected chi connectivity index (χ0v) is 15.3. The molecular formula is C18H21NO5S. The first-order valence-electron chi connectivity index (χ1n) is 8.12. The molecule has 0 bridgehead atoms. The second-order valence-corrected chi connectivity index (χ2v) is 7.00. The second-order valence-electron chi connectivity index (χ2n) is 5.95. The van der Waals surface area contributed by atoms with Crippen LogP contribution >= 0.6 is 11.3 Å². The fourth-order valence-corrected chi connectivity index (χ4v) is 4.04. The van der Waals surface area contributed by atoms with Crippen LogP contribution in [-0.2, 0) is 16.1 Å². The molecule has 1 N–H and O–H groups in total. The highest BCUT2D eigenvalue weighted by molar-refractivity contribution is 7.21. The molecule has 4 rings (SSSR count). The Hall–Kier alpha value is -2.28. The number of nitrogens with one attached hydrogen (secondary N) is 1. The van der Waals surface area contributed by atoms with Gasteiger partial charge >= 0.3 is 5.97 Å². The first-order valence-corrected chi connectivity index (χ1v) is 8.94. The lowest BCUT2D eigenvalue weighted by Gasteiger charge is -2.21. The summed E-state index contributed by atoms with van der Waals surface area (Å²) >= 11 is 1.50. The van der Waals surface area contributed by atoms with Gasteiger partial charge in [-0.2, -0.15) is 0 Å². The summed E-state index contributed by atoms with van der Waals surface area (Å²) in [6.45, 7) is 0.601. The molecule has 2 aromatic rings. The van der Waals surface area contributed by atoms with Crippen molar-refractivity contribution in [3.05, 3.63) is 22.6 Å². The quantitative estimate of drug-likeness (QED) is 0.848. The van der Waals surface area contributed by atoms with E-state index in [1.807, 2.05) is 12.1 Å². The molecule has 7 heteroatoms. The van der Waals surface area contributed by atoms with Crippen molar-refractivity contribution >= 4 is 33.3 Å². The van der Waals surface area contributed by atoms with Gasteiger partial charge in [0.2, 0.25) is 0 Å². The van der Waals surface area contributed by atoms with Gasteiger partial charge in [0.1, 0.15) is 0 Å². The Kier molecular flexibility index (Phi) is 5.13. The monoisotopic (exact) mass is 363 g/mol. The van der Waals surface area contributed by atoms with Crippen molar-refractivity contribution in [3.63, 3.8) is 0 Å². The molecular weight excluding hydrogens is 342 g/mol. The van der Waals surface area contributed by atoms with Gasteiger partial charge in [-0.25, -0.2) is 0 Å². The molecule has 1 fully saturated rings. The molecule has 0 spiro atoms. The van der Waals surface area contributed by atoms with E-state index < -0.39 is 0 Å². The van der Waals surface area contributed by atoms with E-state index >= 15 is 0 Å². The Labute approximate surface area is 150 Å². The van der Waals surface area contributed by atoms with Crippen LogP contribution in [0.5, 0.6) is 11.5 Å². The number of benzene rings is 1. The number of ether oxygens (including phenoxy) is 3. The lowest BCUT2D eigenvalue weighted by atomic mass is 9.86. The highest BCUT2D eigenvalue weighted by Gasteiger charge is 2.26. The van der Waals surface area contributed by atoms with Gasteiger partial charge in [0.15, 0.2) is 11.5 Å². The van der Waals surface area contributed by atoms with Crippen LogP contribution in [-0.4, -0.2) is 33.2 Å². The minimum atomic E-state index is -0.0312. The lowest BCUT2D eigenvalue weighted by molar-refractivity contribution is -0.148. The fraction of sp³-hybridized carbons (Fsp3) is 0.444. The van der Waals surface area contributed by atoms with Gasteiger partial charge in [-0.3, -0.25) is 9.59 Å². The van der Waals surface area contributed by atoms with E-state index in [9.17, 15) is 9.59 Å². The van der Waals surface area contributed by atoms with Gasteiger partial charge < -0.3 is 19.5 Å². The van der Waals surface area contributed by atoms with Gasteiger partial charge in [0.05, 0.1) is 32.1 Å². The predicted molar refractivity (Wildman–Crippen MR) is 95.5 cm³/mol. The molecule has 1 aromatic heterocycles. The van der Waals surface area contributed by atoms with Gasteiger partial charge in [0, 0.05) is 28.3 Å². The number of amides is 1. The molecule has 1 amide bonds. The van der Waals surface area contributed by atoms with Crippen molar-refractivity contribution < 1.29 is 23.8 Å². The van der Waals surface area contributed by atoms with E-state index in [0.717, 1.165) is 33.4 Å². The SMILES string of the molecule is COC(=O)C1CCC1.COc1cc2sc3c(c2cc1OC)CNC3=O. The molecule has 0 radical (unpaired) electrons. The van der Waals surface area contributed by atoms with Crippen molar-refractivity contribution in [3.8, 4) is 11.5 Å². The summed E-state index contributed by atoms with van der Waals surface area (Å²) in [5, 5.41) is 3.89. The number of hydrogen-bond donors (Lipinski definition) is 1. The van der Waals surface area contributed by atoms with Crippen LogP contribution < -0.4 is 14.8 Å². The molecule has 0 unspecified atom stereocenters. The maximum atomic E-state index is 11.6. The van der Waals surface area contributed by atoms with E-state index in [0.29, 0.717) is 18.0 Å². The van der Waals surface area contributed by atoms with E-state index in [-0.39, 0.29) is 17.8 Å². The van der Waals surface area contributed by atoms with Crippen LogP contribution in [0.2, 0.25) is 0 Å². The predicted octanol–water partition coefficient (Wildman–Crippen LogP) is 3.12. The first kappa shape index (κ1) is 17.5. The molecule has 2 aliphatic rings. The third-order valence-corrected chi connectivity index (χ3v) is 5.76.